The van der Waals surface area contributed by atoms with E-state index < -0.39 is 0 Å². The zero-order valence-corrected chi connectivity index (χ0v) is 16.5. The maximum absolute atomic E-state index is 12.6. The molecule has 0 saturated heterocycles. The molecule has 4 aliphatic carbocycles. The first-order valence-corrected chi connectivity index (χ1v) is 11.0. The molecule has 1 aromatic rings. The Morgan fingerprint density at radius 3 is 2.74 bits per heavy atom. The number of hydrogen-bond donors (Lipinski definition) is 1. The van der Waals surface area contributed by atoms with E-state index in [1.807, 2.05) is 0 Å². The average molecular weight is 416 g/mol. The van der Waals surface area contributed by atoms with Crippen LogP contribution in [0.4, 0.5) is 5.13 Å². The van der Waals surface area contributed by atoms with E-state index in [1.54, 1.807) is 11.8 Å². The number of thioether (sulfide) groups is 1. The van der Waals surface area contributed by atoms with Gasteiger partial charge in [-0.2, -0.15) is 0 Å². The van der Waals surface area contributed by atoms with Gasteiger partial charge in [-0.1, -0.05) is 46.0 Å². The second-order valence-electron chi connectivity index (χ2n) is 7.64. The fourth-order valence-corrected chi connectivity index (χ4v) is 8.66. The quantitative estimate of drug-likeness (QED) is 0.429. The van der Waals surface area contributed by atoms with Crippen LogP contribution in [0.3, 0.4) is 0 Å². The first-order valence-electron chi connectivity index (χ1n) is 8.43. The smallest absolute Gasteiger partial charge is 0.226 e. The molecule has 4 saturated carbocycles. The normalized spacial score (nSPS) is 38.0. The van der Waals surface area contributed by atoms with Crippen LogP contribution in [-0.2, 0) is 4.79 Å². The molecule has 4 bridgehead atoms. The monoisotopic (exact) mass is 415 g/mol. The Kier molecular flexibility index (Phi) is 4.25. The highest BCUT2D eigenvalue weighted by atomic mass is 79.9. The molecule has 1 N–H and O–H groups in total. The van der Waals surface area contributed by atoms with Crippen molar-refractivity contribution in [2.45, 2.75) is 60.5 Å². The van der Waals surface area contributed by atoms with Crippen LogP contribution in [0.25, 0.3) is 0 Å². The predicted molar refractivity (Wildman–Crippen MR) is 98.3 cm³/mol. The molecule has 1 heterocycles. The number of nitrogens with zero attached hydrogens (tertiary/aromatic N) is 2. The van der Waals surface area contributed by atoms with E-state index >= 15 is 0 Å². The van der Waals surface area contributed by atoms with Crippen LogP contribution in [0.15, 0.2) is 4.34 Å². The summed E-state index contributed by atoms with van der Waals surface area (Å²) in [5, 5.41) is 11.8. The fraction of sp³-hybridized carbons (Fsp3) is 0.812. The van der Waals surface area contributed by atoms with E-state index in [-0.39, 0.29) is 11.3 Å². The molecule has 0 aromatic carbocycles. The molecule has 1 amide bonds. The second kappa shape index (κ2) is 5.99. The average Bonchev–Trinajstić information content (AvgIpc) is 2.82. The Bertz CT molecular complexity index is 606. The standard InChI is InChI=1S/C16H22BrN3OS2/c1-2-22-14-20-19-13(23-14)18-12(21)8-15-4-10-3-11(5-15)7-16(17,6-10)9-15/h10-11H,2-9H2,1H3,(H,18,19,21)/t10-,11-,15?,16?/m1/s1. The van der Waals surface area contributed by atoms with Gasteiger partial charge in [0.15, 0.2) is 4.34 Å². The third kappa shape index (κ3) is 3.33. The van der Waals surface area contributed by atoms with Crippen molar-refractivity contribution in [3.63, 3.8) is 0 Å². The number of rotatable bonds is 5. The van der Waals surface area contributed by atoms with Gasteiger partial charge in [-0.05, 0) is 61.5 Å². The lowest BCUT2D eigenvalue weighted by Gasteiger charge is -2.60. The number of nitrogens with one attached hydrogen (secondary N) is 1. The molecular weight excluding hydrogens is 394 g/mol. The van der Waals surface area contributed by atoms with Crippen molar-refractivity contribution < 1.29 is 4.79 Å². The number of aromatic nitrogens is 2. The molecule has 23 heavy (non-hydrogen) atoms. The van der Waals surface area contributed by atoms with Crippen LogP contribution in [0.1, 0.15) is 51.9 Å². The van der Waals surface area contributed by atoms with E-state index in [2.05, 4.69) is 38.4 Å². The van der Waals surface area contributed by atoms with Gasteiger partial charge in [-0.25, -0.2) is 0 Å². The van der Waals surface area contributed by atoms with Crippen LogP contribution in [0.2, 0.25) is 0 Å². The van der Waals surface area contributed by atoms with Gasteiger partial charge in [0.25, 0.3) is 0 Å². The Balaban J connectivity index is 1.42. The van der Waals surface area contributed by atoms with Crippen molar-refractivity contribution in [1.29, 1.82) is 0 Å². The Labute approximate surface area is 153 Å². The van der Waals surface area contributed by atoms with Crippen LogP contribution < -0.4 is 5.32 Å². The van der Waals surface area contributed by atoms with Crippen LogP contribution in [-0.4, -0.2) is 26.2 Å². The molecule has 2 atom stereocenters. The van der Waals surface area contributed by atoms with Crippen LogP contribution in [0, 0.1) is 17.3 Å². The highest BCUT2D eigenvalue weighted by Gasteiger charge is 2.57. The number of carbonyl (C=O) groups is 1. The number of amides is 1. The number of hydrogen-bond acceptors (Lipinski definition) is 5. The zero-order chi connectivity index (χ0) is 16.1. The SMILES string of the molecule is CCSc1nnc(NC(=O)CC23C[C@H]4C[C@@H](CC(Br)(C4)C2)C3)s1. The van der Waals surface area contributed by atoms with E-state index in [1.165, 1.54) is 43.4 Å². The van der Waals surface area contributed by atoms with Gasteiger partial charge in [-0.3, -0.25) is 4.79 Å². The van der Waals surface area contributed by atoms with Crippen LogP contribution >= 0.6 is 39.0 Å². The van der Waals surface area contributed by atoms with E-state index in [0.29, 0.717) is 15.9 Å². The number of alkyl halides is 1. The molecule has 4 nitrogen and oxygen atoms in total. The first kappa shape index (κ1) is 16.3. The van der Waals surface area contributed by atoms with Gasteiger partial charge in [0.05, 0.1) is 0 Å². The lowest BCUT2D eigenvalue weighted by Crippen LogP contribution is -2.53. The summed E-state index contributed by atoms with van der Waals surface area (Å²) in [7, 11) is 0. The maximum Gasteiger partial charge on any atom is 0.226 e. The minimum atomic E-state index is 0.118. The predicted octanol–water partition coefficient (Wildman–Crippen LogP) is 4.71. The highest BCUT2D eigenvalue weighted by Crippen LogP contribution is 2.65. The lowest BCUT2D eigenvalue weighted by atomic mass is 9.48. The summed E-state index contributed by atoms with van der Waals surface area (Å²) in [5.74, 6) is 2.73. The molecule has 0 spiro atoms. The molecule has 4 fully saturated rings. The number of anilines is 1. The summed E-state index contributed by atoms with van der Waals surface area (Å²) < 4.78 is 1.24. The van der Waals surface area contributed by atoms with Crippen molar-refractivity contribution >= 4 is 50.1 Å². The van der Waals surface area contributed by atoms with E-state index in [9.17, 15) is 4.79 Å². The van der Waals surface area contributed by atoms with Gasteiger partial charge >= 0.3 is 0 Å². The molecule has 1 aromatic heterocycles. The summed E-state index contributed by atoms with van der Waals surface area (Å²) in [6, 6.07) is 0. The zero-order valence-electron chi connectivity index (χ0n) is 13.3. The van der Waals surface area contributed by atoms with Gasteiger partial charge in [0.1, 0.15) is 0 Å². The number of carbonyl (C=O) groups excluding carboxylic acids is 1. The van der Waals surface area contributed by atoms with Gasteiger partial charge in [0.2, 0.25) is 11.0 Å². The van der Waals surface area contributed by atoms with Crippen molar-refractivity contribution in [3.8, 4) is 0 Å². The molecule has 126 valence electrons. The molecule has 4 aliphatic rings. The van der Waals surface area contributed by atoms with Gasteiger partial charge in [0, 0.05) is 10.7 Å². The summed E-state index contributed by atoms with van der Waals surface area (Å²) in [5.41, 5.74) is 0.212. The third-order valence-corrected chi connectivity index (χ3v) is 8.35. The maximum atomic E-state index is 12.6. The fourth-order valence-electron chi connectivity index (χ4n) is 5.49. The minimum Gasteiger partial charge on any atom is -0.300 e. The van der Waals surface area contributed by atoms with E-state index in [0.717, 1.165) is 28.3 Å². The summed E-state index contributed by atoms with van der Waals surface area (Å²) in [6.45, 7) is 2.09. The molecule has 0 unspecified atom stereocenters. The van der Waals surface area contributed by atoms with E-state index in [4.69, 9.17) is 0 Å². The lowest BCUT2D eigenvalue weighted by molar-refractivity contribution is -0.123. The van der Waals surface area contributed by atoms with Gasteiger partial charge < -0.3 is 5.32 Å². The molecule has 0 aliphatic heterocycles. The molecule has 5 rings (SSSR count). The number of halogens is 1. The Morgan fingerprint density at radius 1 is 1.35 bits per heavy atom. The summed E-state index contributed by atoms with van der Waals surface area (Å²) in [4.78, 5) is 12.6. The van der Waals surface area contributed by atoms with Crippen molar-refractivity contribution in [2.75, 3.05) is 11.1 Å². The van der Waals surface area contributed by atoms with Crippen molar-refractivity contribution in [1.82, 2.24) is 10.2 Å². The molecular formula is C16H22BrN3OS2. The third-order valence-electron chi connectivity index (χ3n) is 5.57. The minimum absolute atomic E-state index is 0.118. The topological polar surface area (TPSA) is 54.9 Å². The van der Waals surface area contributed by atoms with Crippen molar-refractivity contribution in [3.05, 3.63) is 0 Å². The van der Waals surface area contributed by atoms with Crippen molar-refractivity contribution in [2.24, 2.45) is 17.3 Å². The summed E-state index contributed by atoms with van der Waals surface area (Å²) in [6.07, 6.45) is 8.26. The Morgan fingerprint density at radius 2 is 2.09 bits per heavy atom. The van der Waals surface area contributed by atoms with Crippen LogP contribution in [0.5, 0.6) is 0 Å². The largest absolute Gasteiger partial charge is 0.300 e. The second-order valence-corrected chi connectivity index (χ2v) is 11.8. The first-order chi connectivity index (χ1) is 11.0. The highest BCUT2D eigenvalue weighted by molar-refractivity contribution is 9.10. The van der Waals surface area contributed by atoms with Gasteiger partial charge in [-0.15, -0.1) is 10.2 Å². The molecule has 0 radical (unpaired) electrons. The molecule has 7 heteroatoms. The summed E-state index contributed by atoms with van der Waals surface area (Å²) >= 11 is 7.16. The Hall–Kier alpha value is -0.140.